The molecule has 0 aliphatic carbocycles. The van der Waals surface area contributed by atoms with Crippen LogP contribution in [0.4, 0.5) is 5.69 Å². The number of piperazine rings is 1. The normalized spacial score (nSPS) is 16.2. The molecule has 1 aromatic rings. The smallest absolute Gasteiger partial charge is 0.257 e. The summed E-state index contributed by atoms with van der Waals surface area (Å²) in [5.41, 5.74) is 6.91. The first-order valence-corrected chi connectivity index (χ1v) is 7.11. The number of nitrogens with two attached hydrogens (primary N) is 1. The van der Waals surface area contributed by atoms with Gasteiger partial charge in [-0.15, -0.1) is 0 Å². The quantitative estimate of drug-likeness (QED) is 0.846. The number of ether oxygens (including phenoxy) is 1. The Morgan fingerprint density at radius 1 is 1.30 bits per heavy atom. The average Bonchev–Trinajstić information content (AvgIpc) is 2.47. The highest BCUT2D eigenvalue weighted by molar-refractivity contribution is 5.97. The fraction of sp³-hybridized carbons (Fsp3) is 0.533. The number of nitrogens with zero attached hydrogens (tertiary/aromatic N) is 2. The second-order valence-corrected chi connectivity index (χ2v) is 5.09. The highest BCUT2D eigenvalue weighted by Crippen LogP contribution is 2.23. The summed E-state index contributed by atoms with van der Waals surface area (Å²) in [6.07, 6.45) is 1.15. The van der Waals surface area contributed by atoms with Crippen LogP contribution < -0.4 is 10.5 Å². The Kier molecular flexibility index (Phi) is 4.84. The summed E-state index contributed by atoms with van der Waals surface area (Å²) in [5, 5.41) is 0. The molecule has 0 spiro atoms. The van der Waals surface area contributed by atoms with E-state index in [2.05, 4.69) is 11.8 Å². The first-order chi connectivity index (χ1) is 9.65. The molecular formula is C15H23N3O2. The molecule has 1 saturated heterocycles. The van der Waals surface area contributed by atoms with Crippen molar-refractivity contribution in [1.29, 1.82) is 0 Å². The van der Waals surface area contributed by atoms with Gasteiger partial charge in [0.25, 0.3) is 5.91 Å². The van der Waals surface area contributed by atoms with Gasteiger partial charge >= 0.3 is 0 Å². The standard InChI is InChI=1S/C15H23N3O2/c1-3-6-17-7-9-18(10-8-17)15(19)13-11-12(16)4-5-14(13)20-2/h4-5,11H,3,6-10,16H2,1-2H3. The molecule has 20 heavy (non-hydrogen) atoms. The number of carbonyl (C=O) groups is 1. The number of amides is 1. The third kappa shape index (κ3) is 3.22. The number of rotatable bonds is 4. The number of hydrogen-bond donors (Lipinski definition) is 1. The van der Waals surface area contributed by atoms with Crippen molar-refractivity contribution in [3.05, 3.63) is 23.8 Å². The van der Waals surface area contributed by atoms with E-state index in [1.54, 1.807) is 25.3 Å². The van der Waals surface area contributed by atoms with Gasteiger partial charge in [0.1, 0.15) is 5.75 Å². The molecular weight excluding hydrogens is 254 g/mol. The highest BCUT2D eigenvalue weighted by atomic mass is 16.5. The molecule has 0 radical (unpaired) electrons. The van der Waals surface area contributed by atoms with Crippen molar-refractivity contribution in [3.8, 4) is 5.75 Å². The second-order valence-electron chi connectivity index (χ2n) is 5.09. The molecule has 5 heteroatoms. The zero-order valence-corrected chi connectivity index (χ0v) is 12.3. The Hall–Kier alpha value is -1.75. The van der Waals surface area contributed by atoms with Crippen LogP contribution >= 0.6 is 0 Å². The molecule has 0 saturated carbocycles. The zero-order chi connectivity index (χ0) is 14.5. The lowest BCUT2D eigenvalue weighted by molar-refractivity contribution is 0.0634. The van der Waals surface area contributed by atoms with Gasteiger partial charge in [0.05, 0.1) is 12.7 Å². The Morgan fingerprint density at radius 3 is 2.60 bits per heavy atom. The van der Waals surface area contributed by atoms with E-state index in [-0.39, 0.29) is 5.91 Å². The minimum absolute atomic E-state index is 0.00491. The monoisotopic (exact) mass is 277 g/mol. The van der Waals surface area contributed by atoms with Crippen LogP contribution in [-0.2, 0) is 0 Å². The number of benzene rings is 1. The van der Waals surface area contributed by atoms with Crippen LogP contribution in [0.2, 0.25) is 0 Å². The first kappa shape index (κ1) is 14.7. The van der Waals surface area contributed by atoms with E-state index in [1.165, 1.54) is 0 Å². The topological polar surface area (TPSA) is 58.8 Å². The molecule has 1 aromatic carbocycles. The zero-order valence-electron chi connectivity index (χ0n) is 12.3. The summed E-state index contributed by atoms with van der Waals surface area (Å²) >= 11 is 0. The van der Waals surface area contributed by atoms with Gasteiger partial charge in [-0.25, -0.2) is 0 Å². The fourth-order valence-corrected chi connectivity index (χ4v) is 2.55. The first-order valence-electron chi connectivity index (χ1n) is 7.11. The van der Waals surface area contributed by atoms with Crippen LogP contribution in [0.15, 0.2) is 18.2 Å². The van der Waals surface area contributed by atoms with Crippen molar-refractivity contribution < 1.29 is 9.53 Å². The van der Waals surface area contributed by atoms with Crippen molar-refractivity contribution in [2.24, 2.45) is 0 Å². The molecule has 0 unspecified atom stereocenters. The van der Waals surface area contributed by atoms with E-state index in [0.717, 1.165) is 39.1 Å². The lowest BCUT2D eigenvalue weighted by Crippen LogP contribution is -2.48. The Labute approximate surface area is 120 Å². The summed E-state index contributed by atoms with van der Waals surface area (Å²) in [5.74, 6) is 0.588. The molecule has 1 amide bonds. The number of hydrogen-bond acceptors (Lipinski definition) is 4. The maximum absolute atomic E-state index is 12.6. The molecule has 110 valence electrons. The summed E-state index contributed by atoms with van der Waals surface area (Å²) in [6, 6.07) is 5.18. The van der Waals surface area contributed by atoms with Crippen molar-refractivity contribution in [2.45, 2.75) is 13.3 Å². The molecule has 1 aliphatic rings. The number of anilines is 1. The predicted molar refractivity (Wildman–Crippen MR) is 80.0 cm³/mol. The average molecular weight is 277 g/mol. The molecule has 0 atom stereocenters. The number of methoxy groups -OCH3 is 1. The molecule has 0 aromatic heterocycles. The van der Waals surface area contributed by atoms with Gasteiger partial charge < -0.3 is 15.4 Å². The van der Waals surface area contributed by atoms with Gasteiger partial charge in [-0.1, -0.05) is 6.92 Å². The highest BCUT2D eigenvalue weighted by Gasteiger charge is 2.24. The van der Waals surface area contributed by atoms with Crippen LogP contribution in [0, 0.1) is 0 Å². The van der Waals surface area contributed by atoms with Gasteiger partial charge in [0.15, 0.2) is 0 Å². The lowest BCUT2D eigenvalue weighted by Gasteiger charge is -2.34. The summed E-state index contributed by atoms with van der Waals surface area (Å²) < 4.78 is 5.26. The molecule has 0 bridgehead atoms. The van der Waals surface area contributed by atoms with Crippen LogP contribution in [0.25, 0.3) is 0 Å². The van der Waals surface area contributed by atoms with Crippen LogP contribution in [0.3, 0.4) is 0 Å². The SMILES string of the molecule is CCCN1CCN(C(=O)c2cc(N)ccc2OC)CC1. The summed E-state index contributed by atoms with van der Waals surface area (Å²) in [7, 11) is 1.57. The molecule has 1 aliphatic heterocycles. The Bertz CT molecular complexity index is 468. The van der Waals surface area contributed by atoms with Crippen LogP contribution in [0.1, 0.15) is 23.7 Å². The van der Waals surface area contributed by atoms with Gasteiger partial charge in [-0.2, -0.15) is 0 Å². The predicted octanol–water partition coefficient (Wildman–Crippen LogP) is 1.45. The molecule has 1 fully saturated rings. The van der Waals surface area contributed by atoms with E-state index >= 15 is 0 Å². The van der Waals surface area contributed by atoms with Gasteiger partial charge in [-0.3, -0.25) is 9.69 Å². The van der Waals surface area contributed by atoms with E-state index < -0.39 is 0 Å². The fourth-order valence-electron chi connectivity index (χ4n) is 2.55. The van der Waals surface area contributed by atoms with E-state index in [1.807, 2.05) is 4.90 Å². The van der Waals surface area contributed by atoms with E-state index in [9.17, 15) is 4.79 Å². The lowest BCUT2D eigenvalue weighted by atomic mass is 10.1. The molecule has 2 rings (SSSR count). The maximum atomic E-state index is 12.6. The Balaban J connectivity index is 2.07. The van der Waals surface area contributed by atoms with E-state index in [4.69, 9.17) is 10.5 Å². The number of carbonyl (C=O) groups excluding carboxylic acids is 1. The Morgan fingerprint density at radius 2 is 2.00 bits per heavy atom. The van der Waals surface area contributed by atoms with Gasteiger partial charge in [0.2, 0.25) is 0 Å². The molecule has 1 heterocycles. The minimum Gasteiger partial charge on any atom is -0.496 e. The van der Waals surface area contributed by atoms with Crippen molar-refractivity contribution in [3.63, 3.8) is 0 Å². The largest absolute Gasteiger partial charge is 0.496 e. The summed E-state index contributed by atoms with van der Waals surface area (Å²) in [4.78, 5) is 16.8. The van der Waals surface area contributed by atoms with Gasteiger partial charge in [-0.05, 0) is 31.2 Å². The summed E-state index contributed by atoms with van der Waals surface area (Å²) in [6.45, 7) is 6.67. The number of nitrogen functional groups attached to an aromatic ring is 1. The third-order valence-corrected chi connectivity index (χ3v) is 3.65. The van der Waals surface area contributed by atoms with Crippen LogP contribution in [-0.4, -0.2) is 55.5 Å². The second kappa shape index (κ2) is 6.61. The van der Waals surface area contributed by atoms with Crippen LogP contribution in [0.5, 0.6) is 5.75 Å². The van der Waals surface area contributed by atoms with E-state index in [0.29, 0.717) is 17.0 Å². The van der Waals surface area contributed by atoms with Crippen molar-refractivity contribution in [2.75, 3.05) is 45.6 Å². The van der Waals surface area contributed by atoms with Crippen molar-refractivity contribution in [1.82, 2.24) is 9.80 Å². The van der Waals surface area contributed by atoms with Crippen molar-refractivity contribution >= 4 is 11.6 Å². The minimum atomic E-state index is 0.00491. The van der Waals surface area contributed by atoms with Gasteiger partial charge in [0, 0.05) is 31.9 Å². The molecule has 5 nitrogen and oxygen atoms in total. The third-order valence-electron chi connectivity index (χ3n) is 3.65. The maximum Gasteiger partial charge on any atom is 0.257 e. The molecule has 2 N–H and O–H groups in total.